The summed E-state index contributed by atoms with van der Waals surface area (Å²) in [6, 6.07) is 3.52. The zero-order valence-electron chi connectivity index (χ0n) is 9.59. The summed E-state index contributed by atoms with van der Waals surface area (Å²) in [5, 5.41) is 4.03. The summed E-state index contributed by atoms with van der Waals surface area (Å²) in [6.45, 7) is 3.14. The number of nitrogens with zero attached hydrogens (tertiary/aromatic N) is 1. The third-order valence-electron chi connectivity index (χ3n) is 2.80. The number of benzene rings is 1. The summed E-state index contributed by atoms with van der Waals surface area (Å²) >= 11 is 12.0. The number of rotatable bonds is 3. The number of anilines is 2. The lowest BCUT2D eigenvalue weighted by atomic mass is 10.1. The quantitative estimate of drug-likeness (QED) is 0.913. The van der Waals surface area contributed by atoms with Gasteiger partial charge in [0.1, 0.15) is 0 Å². The van der Waals surface area contributed by atoms with E-state index in [2.05, 4.69) is 12.2 Å². The van der Waals surface area contributed by atoms with Gasteiger partial charge in [0.15, 0.2) is 0 Å². The van der Waals surface area contributed by atoms with Crippen molar-refractivity contribution in [1.82, 2.24) is 0 Å². The lowest BCUT2D eigenvalue weighted by Crippen LogP contribution is -2.40. The fourth-order valence-electron chi connectivity index (χ4n) is 1.86. The summed E-state index contributed by atoms with van der Waals surface area (Å²) in [5.41, 5.74) is 1.69. The van der Waals surface area contributed by atoms with Crippen molar-refractivity contribution >= 4 is 40.5 Å². The number of fused-ring (bicyclic) bond motifs is 1. The van der Waals surface area contributed by atoms with E-state index in [9.17, 15) is 4.79 Å². The molecule has 17 heavy (non-hydrogen) atoms. The Labute approximate surface area is 111 Å². The van der Waals surface area contributed by atoms with E-state index in [1.165, 1.54) is 0 Å². The van der Waals surface area contributed by atoms with E-state index in [0.29, 0.717) is 16.6 Å². The number of hydrogen-bond donors (Lipinski definition) is 1. The van der Waals surface area contributed by atoms with Gasteiger partial charge < -0.3 is 10.2 Å². The number of carbonyl (C=O) groups excluding carboxylic acids is 1. The van der Waals surface area contributed by atoms with E-state index in [1.807, 2.05) is 0 Å². The van der Waals surface area contributed by atoms with Gasteiger partial charge in [0.25, 0.3) is 0 Å². The van der Waals surface area contributed by atoms with Crippen LogP contribution in [-0.4, -0.2) is 19.0 Å². The fourth-order valence-corrected chi connectivity index (χ4v) is 2.18. The summed E-state index contributed by atoms with van der Waals surface area (Å²) in [7, 11) is 0. The monoisotopic (exact) mass is 272 g/mol. The Hall–Kier alpha value is -0.930. The molecule has 0 radical (unpaired) electrons. The highest BCUT2D eigenvalue weighted by molar-refractivity contribution is 6.42. The van der Waals surface area contributed by atoms with Crippen LogP contribution in [0.4, 0.5) is 11.4 Å². The fraction of sp³-hybridized carbons (Fsp3) is 0.417. The maximum absolute atomic E-state index is 11.8. The Morgan fingerprint density at radius 3 is 2.76 bits per heavy atom. The van der Waals surface area contributed by atoms with Gasteiger partial charge >= 0.3 is 0 Å². The Morgan fingerprint density at radius 1 is 1.35 bits per heavy atom. The summed E-state index contributed by atoms with van der Waals surface area (Å²) in [6.07, 6.45) is 2.03. The Kier molecular flexibility index (Phi) is 3.79. The average molecular weight is 273 g/mol. The second-order valence-electron chi connectivity index (χ2n) is 4.04. The van der Waals surface area contributed by atoms with Gasteiger partial charge in [-0.1, -0.05) is 36.5 Å². The van der Waals surface area contributed by atoms with Crippen molar-refractivity contribution in [1.29, 1.82) is 0 Å². The molecule has 0 atom stereocenters. The van der Waals surface area contributed by atoms with Crippen LogP contribution in [0.15, 0.2) is 12.1 Å². The minimum Gasteiger partial charge on any atom is -0.374 e. The summed E-state index contributed by atoms with van der Waals surface area (Å²) < 4.78 is 0. The second kappa shape index (κ2) is 5.15. The molecule has 1 amide bonds. The maximum atomic E-state index is 11.8. The van der Waals surface area contributed by atoms with Crippen molar-refractivity contribution in [3.05, 3.63) is 22.2 Å². The molecular formula is C12H14Cl2N2O. The molecule has 92 valence electrons. The molecule has 1 aromatic rings. The molecule has 0 saturated heterocycles. The van der Waals surface area contributed by atoms with Gasteiger partial charge in [-0.05, 0) is 18.6 Å². The SMILES string of the molecule is CCCCN1C(=O)CNc2cc(Cl)c(Cl)cc21. The molecule has 1 aromatic carbocycles. The summed E-state index contributed by atoms with van der Waals surface area (Å²) in [4.78, 5) is 13.6. The molecular weight excluding hydrogens is 259 g/mol. The Balaban J connectivity index is 2.36. The second-order valence-corrected chi connectivity index (χ2v) is 4.85. The van der Waals surface area contributed by atoms with Crippen LogP contribution in [0.3, 0.4) is 0 Å². The van der Waals surface area contributed by atoms with Crippen molar-refractivity contribution in [3.63, 3.8) is 0 Å². The zero-order chi connectivity index (χ0) is 12.4. The molecule has 0 fully saturated rings. The zero-order valence-corrected chi connectivity index (χ0v) is 11.1. The molecule has 1 aliphatic rings. The number of nitrogens with one attached hydrogen (secondary N) is 1. The number of amides is 1. The minimum absolute atomic E-state index is 0.0735. The molecule has 5 heteroatoms. The first-order valence-electron chi connectivity index (χ1n) is 5.66. The van der Waals surface area contributed by atoms with Crippen LogP contribution in [0.2, 0.25) is 10.0 Å². The third-order valence-corrected chi connectivity index (χ3v) is 3.52. The number of unbranched alkanes of at least 4 members (excludes halogenated alkanes) is 1. The van der Waals surface area contributed by atoms with E-state index in [1.54, 1.807) is 17.0 Å². The molecule has 0 unspecified atom stereocenters. The van der Waals surface area contributed by atoms with Crippen LogP contribution in [-0.2, 0) is 4.79 Å². The van der Waals surface area contributed by atoms with E-state index < -0.39 is 0 Å². The summed E-state index contributed by atoms with van der Waals surface area (Å²) in [5.74, 6) is 0.0735. The van der Waals surface area contributed by atoms with Crippen molar-refractivity contribution in [2.24, 2.45) is 0 Å². The topological polar surface area (TPSA) is 32.3 Å². The molecule has 0 spiro atoms. The highest BCUT2D eigenvalue weighted by atomic mass is 35.5. The highest BCUT2D eigenvalue weighted by Gasteiger charge is 2.24. The molecule has 0 aromatic heterocycles. The van der Waals surface area contributed by atoms with Crippen LogP contribution >= 0.6 is 23.2 Å². The van der Waals surface area contributed by atoms with Crippen molar-refractivity contribution < 1.29 is 4.79 Å². The van der Waals surface area contributed by atoms with Gasteiger partial charge in [0.2, 0.25) is 5.91 Å². The van der Waals surface area contributed by atoms with Crippen molar-refractivity contribution in [3.8, 4) is 0 Å². The molecule has 3 nitrogen and oxygen atoms in total. The molecule has 1 aliphatic heterocycles. The van der Waals surface area contributed by atoms with E-state index in [0.717, 1.165) is 30.8 Å². The van der Waals surface area contributed by atoms with E-state index in [-0.39, 0.29) is 5.91 Å². The van der Waals surface area contributed by atoms with Gasteiger partial charge in [-0.15, -0.1) is 0 Å². The van der Waals surface area contributed by atoms with Crippen LogP contribution in [0.1, 0.15) is 19.8 Å². The Morgan fingerprint density at radius 2 is 2.06 bits per heavy atom. The third kappa shape index (κ3) is 2.50. The lowest BCUT2D eigenvalue weighted by Gasteiger charge is -2.30. The van der Waals surface area contributed by atoms with Gasteiger partial charge in [0, 0.05) is 6.54 Å². The molecule has 1 N–H and O–H groups in total. The molecule has 1 heterocycles. The highest BCUT2D eigenvalue weighted by Crippen LogP contribution is 2.36. The van der Waals surface area contributed by atoms with Gasteiger partial charge in [-0.25, -0.2) is 0 Å². The Bertz CT molecular complexity index is 448. The van der Waals surface area contributed by atoms with Crippen molar-refractivity contribution in [2.75, 3.05) is 23.3 Å². The predicted molar refractivity (Wildman–Crippen MR) is 72.2 cm³/mol. The number of carbonyl (C=O) groups is 1. The minimum atomic E-state index is 0.0735. The van der Waals surface area contributed by atoms with Crippen molar-refractivity contribution in [2.45, 2.75) is 19.8 Å². The first-order chi connectivity index (χ1) is 8.13. The van der Waals surface area contributed by atoms with Crippen LogP contribution in [0, 0.1) is 0 Å². The van der Waals surface area contributed by atoms with E-state index in [4.69, 9.17) is 23.2 Å². The smallest absolute Gasteiger partial charge is 0.246 e. The first-order valence-corrected chi connectivity index (χ1v) is 6.42. The number of halogens is 2. The van der Waals surface area contributed by atoms with E-state index >= 15 is 0 Å². The van der Waals surface area contributed by atoms with Gasteiger partial charge in [-0.2, -0.15) is 0 Å². The lowest BCUT2D eigenvalue weighted by molar-refractivity contribution is -0.117. The van der Waals surface area contributed by atoms with Crippen LogP contribution in [0.5, 0.6) is 0 Å². The molecule has 0 aliphatic carbocycles. The molecule has 0 saturated carbocycles. The predicted octanol–water partition coefficient (Wildman–Crippen LogP) is 3.55. The maximum Gasteiger partial charge on any atom is 0.246 e. The van der Waals surface area contributed by atoms with Gasteiger partial charge in [-0.3, -0.25) is 4.79 Å². The average Bonchev–Trinajstić information content (AvgIpc) is 2.30. The van der Waals surface area contributed by atoms with Gasteiger partial charge in [0.05, 0.1) is 28.0 Å². The standard InChI is InChI=1S/C12H14Cl2N2O/c1-2-3-4-16-11-6-9(14)8(13)5-10(11)15-7-12(16)17/h5-6,15H,2-4,7H2,1H3. The first kappa shape index (κ1) is 12.5. The van der Waals surface area contributed by atoms with Crippen LogP contribution in [0.25, 0.3) is 0 Å². The largest absolute Gasteiger partial charge is 0.374 e. The number of hydrogen-bond acceptors (Lipinski definition) is 2. The molecule has 2 rings (SSSR count). The van der Waals surface area contributed by atoms with Crippen LogP contribution < -0.4 is 10.2 Å². The molecule has 0 bridgehead atoms. The normalized spacial score (nSPS) is 14.5.